The van der Waals surface area contributed by atoms with Gasteiger partial charge in [-0.15, -0.1) is 5.10 Å². The molecule has 1 fully saturated rings. The third kappa shape index (κ3) is 6.47. The average Bonchev–Trinajstić information content (AvgIpc) is 3.32. The number of sulfonamides is 1. The van der Waals surface area contributed by atoms with E-state index in [0.717, 1.165) is 54.9 Å². The summed E-state index contributed by atoms with van der Waals surface area (Å²) in [7, 11) is -3.67. The van der Waals surface area contributed by atoms with Gasteiger partial charge in [-0.25, -0.2) is 22.6 Å². The molecule has 4 aromatic rings. The maximum atomic E-state index is 12.9. The molecule has 39 heavy (non-hydrogen) atoms. The van der Waals surface area contributed by atoms with Gasteiger partial charge in [-0.3, -0.25) is 0 Å². The third-order valence-electron chi connectivity index (χ3n) is 6.92. The van der Waals surface area contributed by atoms with E-state index < -0.39 is 15.6 Å². The summed E-state index contributed by atoms with van der Waals surface area (Å²) in [6.07, 6.45) is 3.94. The molecule has 0 spiro atoms. The number of β-amino-alcohol motifs (C(OH)–C–C–N with tert-alkyl or cyclic N) is 1. The van der Waals surface area contributed by atoms with E-state index in [1.165, 1.54) is 5.56 Å². The highest BCUT2D eigenvalue weighted by molar-refractivity contribution is 7.89. The van der Waals surface area contributed by atoms with Gasteiger partial charge in [0, 0.05) is 23.3 Å². The molecule has 9 nitrogen and oxygen atoms in total. The van der Waals surface area contributed by atoms with Crippen LogP contribution >= 0.6 is 0 Å². The Labute approximate surface area is 229 Å². The highest BCUT2D eigenvalue weighted by atomic mass is 32.2. The largest absolute Gasteiger partial charge is 0.395 e. The monoisotopic (exact) mass is 548 g/mol. The second-order valence-corrected chi connectivity index (χ2v) is 12.8. The van der Waals surface area contributed by atoms with Crippen LogP contribution in [0.1, 0.15) is 45.1 Å². The minimum atomic E-state index is -3.67. The van der Waals surface area contributed by atoms with Gasteiger partial charge in [0.25, 0.3) is 0 Å². The first-order valence-electron chi connectivity index (χ1n) is 13.3. The van der Waals surface area contributed by atoms with Crippen LogP contribution in [0.4, 0.5) is 11.6 Å². The number of nitrogens with one attached hydrogen (secondary N) is 2. The Hall–Kier alpha value is -3.31. The fourth-order valence-corrected chi connectivity index (χ4v) is 6.53. The maximum Gasteiger partial charge on any atom is 0.245 e. The van der Waals surface area contributed by atoms with E-state index in [-0.39, 0.29) is 11.5 Å². The van der Waals surface area contributed by atoms with E-state index in [0.29, 0.717) is 11.9 Å². The normalized spacial score (nSPS) is 15.6. The molecule has 5 rings (SSSR count). The number of aliphatic hydroxyl groups is 1. The molecule has 0 atom stereocenters. The molecular weight excluding hydrogens is 512 g/mol. The van der Waals surface area contributed by atoms with Crippen LogP contribution in [0.25, 0.3) is 16.8 Å². The first-order chi connectivity index (χ1) is 18.6. The minimum Gasteiger partial charge on any atom is -0.395 e. The topological polar surface area (TPSA) is 112 Å². The van der Waals surface area contributed by atoms with E-state index in [4.69, 9.17) is 10.2 Å². The number of nitrogens with zero attached hydrogens (tertiary/aromatic N) is 4. The molecule has 2 aromatic carbocycles. The molecule has 0 amide bonds. The summed E-state index contributed by atoms with van der Waals surface area (Å²) in [6, 6.07) is 19.1. The van der Waals surface area contributed by atoms with Crippen molar-refractivity contribution in [3.8, 4) is 11.3 Å². The van der Waals surface area contributed by atoms with Crippen molar-refractivity contribution in [2.75, 3.05) is 31.6 Å². The predicted octanol–water partition coefficient (Wildman–Crippen LogP) is 4.39. The second-order valence-electron chi connectivity index (χ2n) is 11.1. The van der Waals surface area contributed by atoms with Crippen molar-refractivity contribution in [1.29, 1.82) is 0 Å². The van der Waals surface area contributed by atoms with Gasteiger partial charge in [-0.2, -0.15) is 0 Å². The molecule has 1 aliphatic rings. The van der Waals surface area contributed by atoms with Crippen LogP contribution in [0.15, 0.2) is 71.8 Å². The number of rotatable bonds is 8. The number of benzene rings is 2. The molecule has 0 radical (unpaired) electrons. The highest BCUT2D eigenvalue weighted by Crippen LogP contribution is 2.29. The number of likely N-dealkylation sites (tertiary alicyclic amines) is 1. The fourth-order valence-electron chi connectivity index (χ4n) is 5.06. The standard InChI is InChI=1S/C29H36N6O3S/c1-29(2,3)33-39(37,38)26-6-4-5-23(19-26)27-12-11-25-20-30-28(32-35(25)27)31-24-9-7-21(8-10-24)22-13-15-34(16-14-22)17-18-36/h4-12,19-20,22,33,36H,13-18H2,1-3H3,(H,31,32). The molecule has 1 aliphatic heterocycles. The first kappa shape index (κ1) is 27.3. The smallest absolute Gasteiger partial charge is 0.245 e. The Balaban J connectivity index is 1.33. The number of hydrogen-bond donors (Lipinski definition) is 3. The van der Waals surface area contributed by atoms with Gasteiger partial charge in [-0.1, -0.05) is 24.3 Å². The Morgan fingerprint density at radius 2 is 1.77 bits per heavy atom. The molecule has 0 aliphatic carbocycles. The SMILES string of the molecule is CC(C)(C)NS(=O)(=O)c1cccc(-c2ccc3cnc(Nc4ccc(C5CCN(CCO)CC5)cc4)nn23)c1. The zero-order chi connectivity index (χ0) is 27.6. The number of fused-ring (bicyclic) bond motifs is 1. The lowest BCUT2D eigenvalue weighted by atomic mass is 9.89. The first-order valence-corrected chi connectivity index (χ1v) is 14.8. The number of aromatic nitrogens is 3. The summed E-state index contributed by atoms with van der Waals surface area (Å²) in [5.74, 6) is 0.977. The van der Waals surface area contributed by atoms with Gasteiger partial charge in [0.15, 0.2) is 0 Å². The molecule has 10 heteroatoms. The highest BCUT2D eigenvalue weighted by Gasteiger charge is 2.23. The number of anilines is 2. The van der Waals surface area contributed by atoms with Gasteiger partial charge in [0.1, 0.15) is 0 Å². The lowest BCUT2D eigenvalue weighted by molar-refractivity contribution is 0.164. The van der Waals surface area contributed by atoms with E-state index >= 15 is 0 Å². The summed E-state index contributed by atoms with van der Waals surface area (Å²) in [4.78, 5) is 6.99. The van der Waals surface area contributed by atoms with Crippen molar-refractivity contribution in [1.82, 2.24) is 24.2 Å². The third-order valence-corrected chi connectivity index (χ3v) is 8.68. The molecular formula is C29H36N6O3S. The molecule has 0 saturated carbocycles. The Morgan fingerprint density at radius 1 is 1.03 bits per heavy atom. The van der Waals surface area contributed by atoms with Crippen molar-refractivity contribution in [2.24, 2.45) is 0 Å². The molecule has 1 saturated heterocycles. The fraction of sp³-hybridized carbons (Fsp3) is 0.379. The number of aliphatic hydroxyl groups excluding tert-OH is 1. The average molecular weight is 549 g/mol. The summed E-state index contributed by atoms with van der Waals surface area (Å²) >= 11 is 0. The summed E-state index contributed by atoms with van der Waals surface area (Å²) < 4.78 is 30.3. The lowest BCUT2D eigenvalue weighted by Gasteiger charge is -2.31. The van der Waals surface area contributed by atoms with Crippen molar-refractivity contribution < 1.29 is 13.5 Å². The Bertz CT molecular complexity index is 1540. The van der Waals surface area contributed by atoms with Crippen LogP contribution in [0, 0.1) is 0 Å². The molecule has 3 N–H and O–H groups in total. The van der Waals surface area contributed by atoms with E-state index in [9.17, 15) is 8.42 Å². The van der Waals surface area contributed by atoms with Crippen molar-refractivity contribution in [2.45, 2.75) is 50.0 Å². The molecule has 206 valence electrons. The van der Waals surface area contributed by atoms with Crippen LogP contribution in [0.5, 0.6) is 0 Å². The number of hydrogen-bond acceptors (Lipinski definition) is 7. The minimum absolute atomic E-state index is 0.205. The zero-order valence-corrected chi connectivity index (χ0v) is 23.4. The zero-order valence-electron chi connectivity index (χ0n) is 22.6. The maximum absolute atomic E-state index is 12.9. The molecule has 0 unspecified atom stereocenters. The molecule has 3 heterocycles. The van der Waals surface area contributed by atoms with Gasteiger partial charge in [0.05, 0.1) is 28.9 Å². The van der Waals surface area contributed by atoms with Gasteiger partial charge >= 0.3 is 0 Å². The summed E-state index contributed by atoms with van der Waals surface area (Å²) in [5, 5.41) is 17.2. The van der Waals surface area contributed by atoms with Crippen LogP contribution in [-0.4, -0.2) is 64.8 Å². The van der Waals surface area contributed by atoms with Crippen LogP contribution in [0.3, 0.4) is 0 Å². The van der Waals surface area contributed by atoms with Gasteiger partial charge < -0.3 is 15.3 Å². The van der Waals surface area contributed by atoms with Crippen molar-refractivity contribution >= 4 is 27.2 Å². The van der Waals surface area contributed by atoms with Crippen LogP contribution in [0.2, 0.25) is 0 Å². The lowest BCUT2D eigenvalue weighted by Crippen LogP contribution is -2.40. The van der Waals surface area contributed by atoms with E-state index in [1.54, 1.807) is 28.9 Å². The molecule has 0 bridgehead atoms. The molecule has 2 aromatic heterocycles. The van der Waals surface area contributed by atoms with E-state index in [1.807, 2.05) is 39.0 Å². The van der Waals surface area contributed by atoms with Crippen molar-refractivity contribution in [3.05, 3.63) is 72.4 Å². The van der Waals surface area contributed by atoms with Crippen LogP contribution in [-0.2, 0) is 10.0 Å². The van der Waals surface area contributed by atoms with Gasteiger partial charge in [0.2, 0.25) is 16.0 Å². The van der Waals surface area contributed by atoms with Crippen molar-refractivity contribution in [3.63, 3.8) is 0 Å². The van der Waals surface area contributed by atoms with E-state index in [2.05, 4.69) is 44.2 Å². The van der Waals surface area contributed by atoms with Gasteiger partial charge in [-0.05, 0) is 94.6 Å². The predicted molar refractivity (Wildman–Crippen MR) is 154 cm³/mol. The Kier molecular flexibility index (Phi) is 7.73. The Morgan fingerprint density at radius 3 is 2.46 bits per heavy atom. The summed E-state index contributed by atoms with van der Waals surface area (Å²) in [5.41, 5.74) is 3.95. The second kappa shape index (κ2) is 11.1. The number of piperidine rings is 1. The van der Waals surface area contributed by atoms with Crippen LogP contribution < -0.4 is 10.0 Å². The summed E-state index contributed by atoms with van der Waals surface area (Å²) in [6.45, 7) is 8.45. The quantitative estimate of drug-likeness (QED) is 0.299.